The first kappa shape index (κ1) is 12.3. The van der Waals surface area contributed by atoms with E-state index in [-0.39, 0.29) is 5.91 Å². The molecule has 0 aliphatic rings. The Morgan fingerprint density at radius 3 is 2.47 bits per heavy atom. The Hall–Kier alpha value is -0.730. The molecule has 82 valence electrons. The second kappa shape index (κ2) is 6.70. The third kappa shape index (κ3) is 5.05. The Labute approximate surface area is 99.6 Å². The van der Waals surface area contributed by atoms with Crippen LogP contribution >= 0.6 is 23.2 Å². The molecule has 0 aliphatic heterocycles. The number of hydrogen-bond donors (Lipinski definition) is 1. The predicted octanol–water partition coefficient (Wildman–Crippen LogP) is 3.69. The summed E-state index contributed by atoms with van der Waals surface area (Å²) in [4.78, 5) is 11.4. The van der Waals surface area contributed by atoms with E-state index in [9.17, 15) is 4.79 Å². The van der Waals surface area contributed by atoms with Gasteiger partial charge in [-0.15, -0.1) is 11.6 Å². The molecule has 0 atom stereocenters. The molecule has 1 aromatic carbocycles. The lowest BCUT2D eigenvalue weighted by Crippen LogP contribution is -2.10. The SMILES string of the molecule is O=C(CCCCCl)Nc1ccc(Cl)cc1. The fourth-order valence-electron chi connectivity index (χ4n) is 1.14. The molecule has 1 N–H and O–H groups in total. The van der Waals surface area contributed by atoms with Gasteiger partial charge in [-0.05, 0) is 37.1 Å². The van der Waals surface area contributed by atoms with Crippen LogP contribution in [0.15, 0.2) is 24.3 Å². The second-order valence-corrected chi connectivity index (χ2v) is 4.02. The topological polar surface area (TPSA) is 29.1 Å². The van der Waals surface area contributed by atoms with Crippen LogP contribution in [0.4, 0.5) is 5.69 Å². The van der Waals surface area contributed by atoms with E-state index in [2.05, 4.69) is 5.32 Å². The Morgan fingerprint density at radius 2 is 1.87 bits per heavy atom. The maximum atomic E-state index is 11.4. The normalized spacial score (nSPS) is 10.0. The molecule has 4 heteroatoms. The van der Waals surface area contributed by atoms with Crippen molar-refractivity contribution in [1.82, 2.24) is 0 Å². The zero-order valence-electron chi connectivity index (χ0n) is 8.30. The van der Waals surface area contributed by atoms with E-state index in [4.69, 9.17) is 23.2 Å². The standard InChI is InChI=1S/C11H13Cl2NO/c12-8-2-1-3-11(15)14-10-6-4-9(13)5-7-10/h4-7H,1-3,8H2,(H,14,15). The van der Waals surface area contributed by atoms with Crippen LogP contribution in [0.3, 0.4) is 0 Å². The molecule has 1 aromatic rings. The minimum absolute atomic E-state index is 0.0161. The fraction of sp³-hybridized carbons (Fsp3) is 0.364. The number of carbonyl (C=O) groups excluding carboxylic acids is 1. The fourth-order valence-corrected chi connectivity index (χ4v) is 1.45. The van der Waals surface area contributed by atoms with Crippen LogP contribution in [0.25, 0.3) is 0 Å². The number of carbonyl (C=O) groups is 1. The lowest BCUT2D eigenvalue weighted by atomic mass is 10.2. The summed E-state index contributed by atoms with van der Waals surface area (Å²) in [6.45, 7) is 0. The van der Waals surface area contributed by atoms with Crippen molar-refractivity contribution in [1.29, 1.82) is 0 Å². The third-order valence-electron chi connectivity index (χ3n) is 1.92. The molecule has 0 bridgehead atoms. The molecule has 0 radical (unpaired) electrons. The number of unbranched alkanes of at least 4 members (excludes halogenated alkanes) is 1. The van der Waals surface area contributed by atoms with E-state index in [1.54, 1.807) is 24.3 Å². The average Bonchev–Trinajstić information content (AvgIpc) is 2.22. The van der Waals surface area contributed by atoms with Gasteiger partial charge in [-0.25, -0.2) is 0 Å². The molecule has 0 saturated heterocycles. The van der Waals surface area contributed by atoms with Crippen LogP contribution in [-0.2, 0) is 4.79 Å². The average molecular weight is 246 g/mol. The summed E-state index contributed by atoms with van der Waals surface area (Å²) < 4.78 is 0. The highest BCUT2D eigenvalue weighted by Gasteiger charge is 2.01. The van der Waals surface area contributed by atoms with E-state index in [1.807, 2.05) is 0 Å². The molecule has 2 nitrogen and oxygen atoms in total. The smallest absolute Gasteiger partial charge is 0.224 e. The number of amides is 1. The summed E-state index contributed by atoms with van der Waals surface area (Å²) in [6.07, 6.45) is 2.20. The molecule has 0 saturated carbocycles. The van der Waals surface area contributed by atoms with Gasteiger partial charge in [0, 0.05) is 23.0 Å². The van der Waals surface area contributed by atoms with Crippen LogP contribution in [0.1, 0.15) is 19.3 Å². The van der Waals surface area contributed by atoms with Gasteiger partial charge < -0.3 is 5.32 Å². The number of benzene rings is 1. The zero-order valence-corrected chi connectivity index (χ0v) is 9.81. The zero-order chi connectivity index (χ0) is 11.1. The molecular weight excluding hydrogens is 233 g/mol. The minimum Gasteiger partial charge on any atom is -0.326 e. The summed E-state index contributed by atoms with van der Waals surface area (Å²) in [6, 6.07) is 7.05. The van der Waals surface area contributed by atoms with Crippen LogP contribution in [-0.4, -0.2) is 11.8 Å². The van der Waals surface area contributed by atoms with Crippen molar-refractivity contribution >= 4 is 34.8 Å². The lowest BCUT2D eigenvalue weighted by molar-refractivity contribution is -0.116. The van der Waals surface area contributed by atoms with Crippen molar-refractivity contribution in [2.45, 2.75) is 19.3 Å². The van der Waals surface area contributed by atoms with Crippen molar-refractivity contribution in [3.05, 3.63) is 29.3 Å². The first-order valence-electron chi connectivity index (χ1n) is 4.84. The van der Waals surface area contributed by atoms with Gasteiger partial charge in [0.15, 0.2) is 0 Å². The van der Waals surface area contributed by atoms with E-state index in [0.29, 0.717) is 17.3 Å². The highest BCUT2D eigenvalue weighted by Crippen LogP contribution is 2.13. The number of alkyl halides is 1. The van der Waals surface area contributed by atoms with Gasteiger partial charge >= 0.3 is 0 Å². The number of hydrogen-bond acceptors (Lipinski definition) is 1. The number of anilines is 1. The van der Waals surface area contributed by atoms with Crippen molar-refractivity contribution in [2.24, 2.45) is 0 Å². The van der Waals surface area contributed by atoms with Crippen LogP contribution in [0, 0.1) is 0 Å². The maximum Gasteiger partial charge on any atom is 0.224 e. The van der Waals surface area contributed by atoms with Crippen molar-refractivity contribution < 1.29 is 4.79 Å². The van der Waals surface area contributed by atoms with Gasteiger partial charge in [0.25, 0.3) is 0 Å². The third-order valence-corrected chi connectivity index (χ3v) is 2.43. The molecule has 1 amide bonds. The summed E-state index contributed by atoms with van der Waals surface area (Å²) in [5.41, 5.74) is 0.773. The molecule has 0 heterocycles. The highest BCUT2D eigenvalue weighted by atomic mass is 35.5. The Bertz CT molecular complexity index is 311. The van der Waals surface area contributed by atoms with E-state index in [0.717, 1.165) is 18.5 Å². The second-order valence-electron chi connectivity index (χ2n) is 3.20. The summed E-state index contributed by atoms with van der Waals surface area (Å²) in [5, 5.41) is 3.45. The number of nitrogens with one attached hydrogen (secondary N) is 1. The van der Waals surface area contributed by atoms with Gasteiger partial charge in [0.05, 0.1) is 0 Å². The van der Waals surface area contributed by atoms with Gasteiger partial charge in [-0.1, -0.05) is 11.6 Å². The molecule has 1 rings (SSSR count). The maximum absolute atomic E-state index is 11.4. The number of halogens is 2. The minimum atomic E-state index is 0.0161. The summed E-state index contributed by atoms with van der Waals surface area (Å²) in [5.74, 6) is 0.622. The van der Waals surface area contributed by atoms with Gasteiger partial charge in [0.1, 0.15) is 0 Å². The molecular formula is C11H13Cl2NO. The van der Waals surface area contributed by atoms with Gasteiger partial charge in [0.2, 0.25) is 5.91 Å². The number of rotatable bonds is 5. The predicted molar refractivity (Wildman–Crippen MR) is 64.7 cm³/mol. The molecule has 0 spiro atoms. The quantitative estimate of drug-likeness (QED) is 0.623. The van der Waals surface area contributed by atoms with E-state index in [1.165, 1.54) is 0 Å². The molecule has 0 unspecified atom stereocenters. The Kier molecular flexibility index (Phi) is 5.51. The summed E-state index contributed by atoms with van der Waals surface area (Å²) in [7, 11) is 0. The molecule has 0 aromatic heterocycles. The highest BCUT2D eigenvalue weighted by molar-refractivity contribution is 6.30. The van der Waals surface area contributed by atoms with E-state index < -0.39 is 0 Å². The first-order chi connectivity index (χ1) is 7.22. The van der Waals surface area contributed by atoms with Crippen molar-refractivity contribution in [3.63, 3.8) is 0 Å². The first-order valence-corrected chi connectivity index (χ1v) is 5.75. The van der Waals surface area contributed by atoms with Crippen LogP contribution in [0.5, 0.6) is 0 Å². The Morgan fingerprint density at radius 1 is 1.20 bits per heavy atom. The lowest BCUT2D eigenvalue weighted by Gasteiger charge is -2.04. The molecule has 15 heavy (non-hydrogen) atoms. The Balaban J connectivity index is 2.34. The largest absolute Gasteiger partial charge is 0.326 e. The van der Waals surface area contributed by atoms with Gasteiger partial charge in [-0.2, -0.15) is 0 Å². The van der Waals surface area contributed by atoms with Crippen LogP contribution < -0.4 is 5.32 Å². The van der Waals surface area contributed by atoms with Crippen LogP contribution in [0.2, 0.25) is 5.02 Å². The monoisotopic (exact) mass is 245 g/mol. The molecule has 0 fully saturated rings. The molecule has 0 aliphatic carbocycles. The summed E-state index contributed by atoms with van der Waals surface area (Å²) >= 11 is 11.2. The van der Waals surface area contributed by atoms with Crippen molar-refractivity contribution in [2.75, 3.05) is 11.2 Å². The van der Waals surface area contributed by atoms with E-state index >= 15 is 0 Å². The van der Waals surface area contributed by atoms with Crippen molar-refractivity contribution in [3.8, 4) is 0 Å². The van der Waals surface area contributed by atoms with Gasteiger partial charge in [-0.3, -0.25) is 4.79 Å².